The molecule has 2 heterocycles. The molecule has 0 radical (unpaired) electrons. The lowest BCUT2D eigenvalue weighted by Gasteiger charge is -2.16. The van der Waals surface area contributed by atoms with E-state index in [0.29, 0.717) is 0 Å². The summed E-state index contributed by atoms with van der Waals surface area (Å²) in [5.41, 5.74) is 7.37. The van der Waals surface area contributed by atoms with Gasteiger partial charge in [0.25, 0.3) is 5.92 Å². The van der Waals surface area contributed by atoms with Crippen LogP contribution in [0.1, 0.15) is 18.9 Å². The first-order valence-corrected chi connectivity index (χ1v) is 15.8. The molecule has 0 atom stereocenters. The van der Waals surface area contributed by atoms with E-state index in [-0.39, 0.29) is 12.0 Å². The fraction of sp³-hybridized carbons (Fsp3) is 0.0714. The van der Waals surface area contributed by atoms with Gasteiger partial charge in [0.2, 0.25) is 0 Å². The summed E-state index contributed by atoms with van der Waals surface area (Å²) in [5, 5.41) is 6.55. The van der Waals surface area contributed by atoms with Crippen molar-refractivity contribution in [3.63, 3.8) is 0 Å². The molecular weight excluding hydrogens is 586 g/mol. The van der Waals surface area contributed by atoms with Crippen molar-refractivity contribution in [1.82, 2.24) is 9.55 Å². The molecule has 226 valence electrons. The zero-order valence-electron chi connectivity index (χ0n) is 25.5. The largest absolute Gasteiger partial charge is 0.456 e. The van der Waals surface area contributed by atoms with Gasteiger partial charge >= 0.3 is 0 Å². The van der Waals surface area contributed by atoms with E-state index < -0.39 is 5.92 Å². The second-order valence-corrected chi connectivity index (χ2v) is 12.1. The zero-order chi connectivity index (χ0) is 31.7. The number of rotatable bonds is 5. The lowest BCUT2D eigenvalue weighted by atomic mass is 10.00. The van der Waals surface area contributed by atoms with E-state index in [4.69, 9.17) is 9.40 Å². The summed E-state index contributed by atoms with van der Waals surface area (Å²) in [7, 11) is 0. The molecule has 0 amide bonds. The summed E-state index contributed by atoms with van der Waals surface area (Å²) in [6.07, 6.45) is -0.252. The Labute approximate surface area is 269 Å². The number of imidazole rings is 1. The summed E-state index contributed by atoms with van der Waals surface area (Å²) in [5.74, 6) is -2.14. The number of benzene rings is 7. The fourth-order valence-corrected chi connectivity index (χ4v) is 6.93. The Morgan fingerprint density at radius 2 is 1.15 bits per heavy atom. The van der Waals surface area contributed by atoms with Crippen molar-refractivity contribution in [2.75, 3.05) is 0 Å². The molecule has 0 spiro atoms. The van der Waals surface area contributed by atoms with E-state index in [9.17, 15) is 8.78 Å². The van der Waals surface area contributed by atoms with Gasteiger partial charge in [-0.2, -0.15) is 0 Å². The van der Waals surface area contributed by atoms with Crippen molar-refractivity contribution in [1.29, 1.82) is 0 Å². The lowest BCUT2D eigenvalue weighted by molar-refractivity contribution is -0.00828. The van der Waals surface area contributed by atoms with Crippen molar-refractivity contribution in [2.45, 2.75) is 19.3 Å². The summed E-state index contributed by atoms with van der Waals surface area (Å²) >= 11 is 0. The highest BCUT2D eigenvalue weighted by atomic mass is 19.3. The van der Waals surface area contributed by atoms with E-state index >= 15 is 0 Å². The molecule has 0 aliphatic carbocycles. The zero-order valence-corrected chi connectivity index (χ0v) is 25.5. The maximum absolute atomic E-state index is 14.6. The predicted molar refractivity (Wildman–Crippen MR) is 188 cm³/mol. The van der Waals surface area contributed by atoms with Crippen LogP contribution in [-0.4, -0.2) is 9.55 Å². The Morgan fingerprint density at radius 1 is 0.574 bits per heavy atom. The molecular formula is C42H28F2N2O. The summed E-state index contributed by atoms with van der Waals surface area (Å²) < 4.78 is 37.5. The van der Waals surface area contributed by atoms with Gasteiger partial charge in [0.1, 0.15) is 17.0 Å². The number of furan rings is 1. The molecule has 3 nitrogen and oxygen atoms in total. The van der Waals surface area contributed by atoms with Gasteiger partial charge in [-0.3, -0.25) is 4.57 Å². The number of para-hydroxylation sites is 1. The Morgan fingerprint density at radius 3 is 1.87 bits per heavy atom. The standard InChI is InChI=1S/C42H28F2N2O/c1-2-42(43,44)29-20-22-30(23-21-29)46-40-36-13-6-4-10-32(36)31-9-3-5-12-35(31)39(40)45-41(46)27-17-15-26(16-18-27)28-19-24-34-33-11-7-8-14-37(33)47-38(34)25-28/h3-25H,2H2,1H3. The molecule has 47 heavy (non-hydrogen) atoms. The topological polar surface area (TPSA) is 31.0 Å². The molecule has 0 fully saturated rings. The van der Waals surface area contributed by atoms with Crippen LogP contribution in [0.3, 0.4) is 0 Å². The normalized spacial score (nSPS) is 12.2. The second kappa shape index (κ2) is 10.4. The van der Waals surface area contributed by atoms with Gasteiger partial charge in [0, 0.05) is 44.8 Å². The molecule has 0 aliphatic rings. The Balaban J connectivity index is 1.25. The average Bonchev–Trinajstić information content (AvgIpc) is 3.71. The summed E-state index contributed by atoms with van der Waals surface area (Å²) in [6, 6.07) is 46.1. The van der Waals surface area contributed by atoms with Crippen molar-refractivity contribution in [3.8, 4) is 28.2 Å². The lowest BCUT2D eigenvalue weighted by Crippen LogP contribution is -2.11. The van der Waals surface area contributed by atoms with Crippen LogP contribution in [0.4, 0.5) is 8.78 Å². The van der Waals surface area contributed by atoms with Crippen molar-refractivity contribution in [3.05, 3.63) is 145 Å². The van der Waals surface area contributed by atoms with Crippen LogP contribution < -0.4 is 0 Å². The van der Waals surface area contributed by atoms with E-state index in [0.717, 1.165) is 82.7 Å². The monoisotopic (exact) mass is 614 g/mol. The highest BCUT2D eigenvalue weighted by Gasteiger charge is 2.29. The minimum absolute atomic E-state index is 0.0100. The van der Waals surface area contributed by atoms with E-state index in [1.54, 1.807) is 12.1 Å². The molecule has 0 saturated heterocycles. The Hall–Kier alpha value is -5.81. The van der Waals surface area contributed by atoms with E-state index in [1.807, 2.05) is 42.5 Å². The molecule has 2 aromatic heterocycles. The van der Waals surface area contributed by atoms with E-state index in [2.05, 4.69) is 77.4 Å². The minimum Gasteiger partial charge on any atom is -0.456 e. The van der Waals surface area contributed by atoms with Crippen LogP contribution in [0.5, 0.6) is 0 Å². The number of aromatic nitrogens is 2. The van der Waals surface area contributed by atoms with Crippen LogP contribution in [0.2, 0.25) is 0 Å². The number of fused-ring (bicyclic) bond motifs is 9. The Bertz CT molecular complexity index is 2630. The minimum atomic E-state index is -2.89. The molecule has 0 bridgehead atoms. The second-order valence-electron chi connectivity index (χ2n) is 12.1. The van der Waals surface area contributed by atoms with Gasteiger partial charge in [-0.1, -0.05) is 116 Å². The molecule has 7 aromatic carbocycles. The Kier molecular flexibility index (Phi) is 6.06. The summed E-state index contributed by atoms with van der Waals surface area (Å²) in [4.78, 5) is 5.29. The predicted octanol–water partition coefficient (Wildman–Crippen LogP) is 12.1. The molecule has 9 rings (SSSR count). The highest BCUT2D eigenvalue weighted by molar-refractivity contribution is 6.24. The third-order valence-electron chi connectivity index (χ3n) is 9.38. The first kappa shape index (κ1) is 27.5. The number of nitrogens with zero attached hydrogens (tertiary/aromatic N) is 2. The highest BCUT2D eigenvalue weighted by Crippen LogP contribution is 2.40. The first-order chi connectivity index (χ1) is 23.0. The number of alkyl halides is 2. The van der Waals surface area contributed by atoms with Crippen LogP contribution >= 0.6 is 0 Å². The molecule has 0 aliphatic heterocycles. The van der Waals surface area contributed by atoms with Gasteiger partial charge in [0.15, 0.2) is 0 Å². The third-order valence-corrected chi connectivity index (χ3v) is 9.38. The number of halogens is 2. The number of hydrogen-bond donors (Lipinski definition) is 0. The van der Waals surface area contributed by atoms with Crippen LogP contribution in [0, 0.1) is 0 Å². The maximum Gasteiger partial charge on any atom is 0.273 e. The maximum atomic E-state index is 14.6. The van der Waals surface area contributed by atoms with E-state index in [1.165, 1.54) is 19.1 Å². The third kappa shape index (κ3) is 4.27. The van der Waals surface area contributed by atoms with Crippen LogP contribution in [-0.2, 0) is 5.92 Å². The molecule has 0 unspecified atom stereocenters. The van der Waals surface area contributed by atoms with Crippen molar-refractivity contribution < 1.29 is 13.2 Å². The first-order valence-electron chi connectivity index (χ1n) is 15.8. The van der Waals surface area contributed by atoms with Crippen LogP contribution in [0.15, 0.2) is 144 Å². The van der Waals surface area contributed by atoms with Gasteiger partial charge in [-0.05, 0) is 52.2 Å². The van der Waals surface area contributed by atoms with Crippen molar-refractivity contribution >= 4 is 54.5 Å². The number of hydrogen-bond acceptors (Lipinski definition) is 2. The summed E-state index contributed by atoms with van der Waals surface area (Å²) in [6.45, 7) is 1.51. The quantitative estimate of drug-likeness (QED) is 0.181. The smallest absolute Gasteiger partial charge is 0.273 e. The molecule has 0 N–H and O–H groups in total. The average molecular weight is 615 g/mol. The molecule has 5 heteroatoms. The van der Waals surface area contributed by atoms with Gasteiger partial charge in [-0.25, -0.2) is 13.8 Å². The van der Waals surface area contributed by atoms with Crippen LogP contribution in [0.25, 0.3) is 82.7 Å². The van der Waals surface area contributed by atoms with Gasteiger partial charge < -0.3 is 4.42 Å². The molecule has 0 saturated carbocycles. The van der Waals surface area contributed by atoms with Gasteiger partial charge in [0.05, 0.1) is 11.0 Å². The molecule has 9 aromatic rings. The van der Waals surface area contributed by atoms with Gasteiger partial charge in [-0.15, -0.1) is 0 Å². The SMILES string of the molecule is CCC(F)(F)c1ccc(-n2c(-c3ccc(-c4ccc5c(c4)oc4ccccc45)cc3)nc3c4ccccc4c4ccccc4c32)cc1. The van der Waals surface area contributed by atoms with Crippen molar-refractivity contribution in [2.24, 2.45) is 0 Å². The fourth-order valence-electron chi connectivity index (χ4n) is 6.93.